The average molecular weight is 699 g/mol. The predicted molar refractivity (Wildman–Crippen MR) is 189 cm³/mol. The molecule has 0 saturated heterocycles. The van der Waals surface area contributed by atoms with E-state index < -0.39 is 29.4 Å². The number of hydrogen-bond donors (Lipinski definition) is 8. The Balaban J connectivity index is 1.02. The van der Waals surface area contributed by atoms with E-state index >= 15 is 0 Å². The number of carbonyl (C=O) groups excluding carboxylic acids is 3. The van der Waals surface area contributed by atoms with Gasteiger partial charge in [0.15, 0.2) is 11.2 Å². The number of thiophene rings is 1. The first-order valence-electron chi connectivity index (χ1n) is 15.4. The summed E-state index contributed by atoms with van der Waals surface area (Å²) in [6.45, 7) is 0.425. The number of nitrogens with two attached hydrogens (primary N) is 2. The molecule has 50 heavy (non-hydrogen) atoms. The van der Waals surface area contributed by atoms with Crippen molar-refractivity contribution in [3.63, 3.8) is 0 Å². The number of nitrogens with zero attached hydrogens (tertiary/aromatic N) is 3. The molecule has 0 aliphatic heterocycles. The van der Waals surface area contributed by atoms with Crippen LogP contribution in [0.15, 0.2) is 71.0 Å². The lowest BCUT2D eigenvalue weighted by Gasteiger charge is -2.15. The Kier molecular flexibility index (Phi) is 11.3. The summed E-state index contributed by atoms with van der Waals surface area (Å²) in [5.41, 5.74) is 14.4. The van der Waals surface area contributed by atoms with Gasteiger partial charge in [0.1, 0.15) is 6.04 Å². The molecule has 3 heterocycles. The topological polar surface area (TPSA) is 260 Å². The molecule has 258 valence electrons. The second-order valence-electron chi connectivity index (χ2n) is 11.1. The maximum atomic E-state index is 12.8. The van der Waals surface area contributed by atoms with E-state index in [9.17, 15) is 29.1 Å². The summed E-state index contributed by atoms with van der Waals surface area (Å²) in [5, 5.41) is 22.6. The van der Waals surface area contributed by atoms with Crippen LogP contribution in [-0.4, -0.2) is 61.3 Å². The quantitative estimate of drug-likeness (QED) is 0.0580. The number of aromatic nitrogens is 4. The average Bonchev–Trinajstić information content (AvgIpc) is 3.64. The number of H-pyrrole nitrogens is 1. The molecule has 17 heteroatoms. The van der Waals surface area contributed by atoms with Crippen LogP contribution in [0.3, 0.4) is 0 Å². The number of nitrogen functional groups attached to an aromatic ring is 2. The van der Waals surface area contributed by atoms with Crippen LogP contribution in [0.25, 0.3) is 21.6 Å². The number of aromatic amines is 1. The largest absolute Gasteiger partial charge is 0.480 e. The Morgan fingerprint density at radius 2 is 1.78 bits per heavy atom. The summed E-state index contributed by atoms with van der Waals surface area (Å²) in [7, 11) is 0. The van der Waals surface area contributed by atoms with Gasteiger partial charge in [-0.2, -0.15) is 4.98 Å². The second kappa shape index (κ2) is 16.2. The van der Waals surface area contributed by atoms with Gasteiger partial charge in [0.2, 0.25) is 17.8 Å². The first-order valence-corrected chi connectivity index (χ1v) is 16.3. The van der Waals surface area contributed by atoms with Crippen LogP contribution in [0, 0.1) is 0 Å². The van der Waals surface area contributed by atoms with Crippen LogP contribution in [0.5, 0.6) is 0 Å². The maximum absolute atomic E-state index is 12.8. The number of carbonyl (C=O) groups is 4. The fourth-order valence-electron chi connectivity index (χ4n) is 4.80. The molecule has 0 spiro atoms. The summed E-state index contributed by atoms with van der Waals surface area (Å²) in [6, 6.07) is 14.3. The van der Waals surface area contributed by atoms with Gasteiger partial charge in [-0.25, -0.2) is 14.8 Å². The molecule has 0 saturated carbocycles. The van der Waals surface area contributed by atoms with Gasteiger partial charge in [-0.3, -0.25) is 24.2 Å². The van der Waals surface area contributed by atoms with Crippen molar-refractivity contribution in [3.05, 3.63) is 87.8 Å². The van der Waals surface area contributed by atoms with E-state index in [4.69, 9.17) is 11.5 Å². The Morgan fingerprint density at radius 1 is 0.980 bits per heavy atom. The van der Waals surface area contributed by atoms with E-state index in [-0.39, 0.29) is 60.9 Å². The van der Waals surface area contributed by atoms with Gasteiger partial charge >= 0.3 is 5.97 Å². The van der Waals surface area contributed by atoms with E-state index in [2.05, 4.69) is 41.2 Å². The van der Waals surface area contributed by atoms with Crippen molar-refractivity contribution in [1.29, 1.82) is 0 Å². The maximum Gasteiger partial charge on any atom is 0.326 e. The number of hydrogen-bond acceptors (Lipinski definition) is 12. The molecular weight excluding hydrogens is 664 g/mol. The number of anilines is 4. The highest BCUT2D eigenvalue weighted by Gasteiger charge is 2.22. The molecule has 10 N–H and O–H groups in total. The molecule has 3 amide bonds. The van der Waals surface area contributed by atoms with Crippen LogP contribution in [0.4, 0.5) is 23.0 Å². The van der Waals surface area contributed by atoms with Gasteiger partial charge in [-0.1, -0.05) is 12.1 Å². The molecule has 0 aliphatic rings. The lowest BCUT2D eigenvalue weighted by molar-refractivity contribution is -0.139. The fraction of sp³-hybridized carbons (Fsp3) is 0.212. The molecule has 0 radical (unpaired) electrons. The number of rotatable bonds is 15. The molecule has 0 bridgehead atoms. The lowest BCUT2D eigenvalue weighted by Crippen LogP contribution is -2.41. The molecular formula is C33H34N10O6S. The predicted octanol–water partition coefficient (Wildman–Crippen LogP) is 2.72. The van der Waals surface area contributed by atoms with Gasteiger partial charge in [-0.05, 0) is 66.2 Å². The van der Waals surface area contributed by atoms with Crippen molar-refractivity contribution in [2.45, 2.75) is 38.3 Å². The van der Waals surface area contributed by atoms with E-state index in [0.717, 1.165) is 10.4 Å². The number of benzene rings is 2. The molecule has 1 atom stereocenters. The number of aliphatic carboxylic acids is 1. The Labute approximate surface area is 288 Å². The van der Waals surface area contributed by atoms with Gasteiger partial charge in [0.25, 0.3) is 11.5 Å². The van der Waals surface area contributed by atoms with Crippen molar-refractivity contribution in [3.8, 4) is 10.4 Å². The second-order valence-corrected chi connectivity index (χ2v) is 12.0. The molecule has 0 unspecified atom stereocenters. The smallest absolute Gasteiger partial charge is 0.326 e. The number of amides is 3. The SMILES string of the molecule is Nc1nc2ncc(CNc3ccc(C(=O)N[C@@H](CCC(=O)NCCCC(=O)Nc4cc(-c5cccs5)ccc4N)C(=O)O)cc3)nc2c(=O)[nH]1. The number of carboxylic acid groups (broad SMARTS) is 1. The lowest BCUT2D eigenvalue weighted by atomic mass is 10.1. The summed E-state index contributed by atoms with van der Waals surface area (Å²) in [4.78, 5) is 77.2. The fourth-order valence-corrected chi connectivity index (χ4v) is 5.53. The Hall–Kier alpha value is -6.36. The number of carboxylic acids is 1. The highest BCUT2D eigenvalue weighted by atomic mass is 32.1. The summed E-state index contributed by atoms with van der Waals surface area (Å²) < 4.78 is 0. The van der Waals surface area contributed by atoms with E-state index in [1.807, 2.05) is 29.6 Å². The standard InChI is InChI=1S/C33H34N10O6S/c34-22-10-7-19(25-3-2-14-50-25)15-24(22)40-27(45)4-1-13-36-26(44)12-11-23(32(48)49)41-30(46)18-5-8-20(9-6-18)37-16-21-17-38-29-28(39-21)31(47)43-33(35)42-29/h2-3,5-10,14-15,17,23,37H,1,4,11-13,16,34H2,(H,36,44)(H,40,45)(H,41,46)(H,48,49)(H3,35,38,42,43,47)/t23-/m0/s1. The normalized spacial score (nSPS) is 11.4. The molecule has 0 fully saturated rings. The number of nitrogens with one attached hydrogen (secondary N) is 5. The molecule has 3 aromatic heterocycles. The monoisotopic (exact) mass is 698 g/mol. The van der Waals surface area contributed by atoms with Crippen molar-refractivity contribution in [2.75, 3.05) is 28.6 Å². The third kappa shape index (κ3) is 9.38. The minimum Gasteiger partial charge on any atom is -0.480 e. The van der Waals surface area contributed by atoms with Crippen molar-refractivity contribution >= 4 is 69.2 Å². The van der Waals surface area contributed by atoms with Crippen LogP contribution in [0.1, 0.15) is 41.7 Å². The molecule has 0 aliphatic carbocycles. The first kappa shape index (κ1) is 35.0. The van der Waals surface area contributed by atoms with Gasteiger partial charge in [0.05, 0.1) is 29.8 Å². The van der Waals surface area contributed by atoms with E-state index in [1.165, 1.54) is 18.3 Å². The van der Waals surface area contributed by atoms with E-state index in [0.29, 0.717) is 29.2 Å². The zero-order valence-electron chi connectivity index (χ0n) is 26.6. The molecule has 2 aromatic carbocycles. The van der Waals surface area contributed by atoms with Crippen molar-refractivity contribution < 1.29 is 24.3 Å². The van der Waals surface area contributed by atoms with Gasteiger partial charge < -0.3 is 37.8 Å². The molecule has 16 nitrogen and oxygen atoms in total. The zero-order chi connectivity index (χ0) is 35.6. The minimum atomic E-state index is -1.30. The third-order valence-electron chi connectivity index (χ3n) is 7.41. The van der Waals surface area contributed by atoms with Crippen LogP contribution in [0.2, 0.25) is 0 Å². The van der Waals surface area contributed by atoms with Gasteiger partial charge in [-0.15, -0.1) is 11.3 Å². The highest BCUT2D eigenvalue weighted by Crippen LogP contribution is 2.30. The third-order valence-corrected chi connectivity index (χ3v) is 8.33. The van der Waals surface area contributed by atoms with Gasteiger partial charge in [0, 0.05) is 35.5 Å². The summed E-state index contributed by atoms with van der Waals surface area (Å²) in [5.74, 6) is -2.62. The van der Waals surface area contributed by atoms with Crippen LogP contribution >= 0.6 is 11.3 Å². The van der Waals surface area contributed by atoms with Crippen molar-refractivity contribution in [1.82, 2.24) is 30.6 Å². The Morgan fingerprint density at radius 3 is 2.52 bits per heavy atom. The van der Waals surface area contributed by atoms with Crippen LogP contribution < -0.4 is 38.3 Å². The van der Waals surface area contributed by atoms with E-state index in [1.54, 1.807) is 29.5 Å². The Bertz CT molecular complexity index is 2070. The first-order chi connectivity index (χ1) is 24.0. The molecule has 5 aromatic rings. The summed E-state index contributed by atoms with van der Waals surface area (Å²) >= 11 is 1.58. The zero-order valence-corrected chi connectivity index (χ0v) is 27.4. The van der Waals surface area contributed by atoms with Crippen molar-refractivity contribution in [2.24, 2.45) is 0 Å². The highest BCUT2D eigenvalue weighted by molar-refractivity contribution is 7.13. The summed E-state index contributed by atoms with van der Waals surface area (Å²) in [6.07, 6.45) is 1.67. The molecule has 5 rings (SSSR count). The minimum absolute atomic E-state index is 0.0506. The van der Waals surface area contributed by atoms with Crippen LogP contribution in [-0.2, 0) is 20.9 Å². The number of fused-ring (bicyclic) bond motifs is 1.